The van der Waals surface area contributed by atoms with Crippen molar-refractivity contribution in [2.75, 3.05) is 13.7 Å². The Morgan fingerprint density at radius 3 is 2.37 bits per heavy atom. The molecule has 0 fully saturated rings. The molecule has 0 bridgehead atoms. The quantitative estimate of drug-likeness (QED) is 0.732. The smallest absolute Gasteiger partial charge is 0.223 e. The van der Waals surface area contributed by atoms with Crippen LogP contribution in [0.3, 0.4) is 0 Å². The van der Waals surface area contributed by atoms with Crippen molar-refractivity contribution in [2.24, 2.45) is 5.92 Å². The van der Waals surface area contributed by atoms with Gasteiger partial charge in [-0.1, -0.05) is 26.0 Å². The number of rotatable bonds is 8. The van der Waals surface area contributed by atoms with Crippen LogP contribution in [0.2, 0.25) is 0 Å². The summed E-state index contributed by atoms with van der Waals surface area (Å²) < 4.78 is 5.12. The first-order valence-electron chi connectivity index (χ1n) is 7.11. The van der Waals surface area contributed by atoms with Gasteiger partial charge in [0.2, 0.25) is 5.91 Å². The van der Waals surface area contributed by atoms with E-state index in [1.807, 2.05) is 12.1 Å². The molecule has 0 radical (unpaired) electrons. The zero-order chi connectivity index (χ0) is 14.1. The lowest BCUT2D eigenvalue weighted by Crippen LogP contribution is -2.31. The Labute approximate surface area is 116 Å². The number of benzene rings is 1. The van der Waals surface area contributed by atoms with Gasteiger partial charge in [-0.3, -0.25) is 4.79 Å². The summed E-state index contributed by atoms with van der Waals surface area (Å²) in [5.74, 6) is 1.24. The van der Waals surface area contributed by atoms with Crippen LogP contribution in [0, 0.1) is 5.92 Å². The van der Waals surface area contributed by atoms with E-state index in [2.05, 4.69) is 31.3 Å². The summed E-state index contributed by atoms with van der Waals surface area (Å²) in [5.41, 5.74) is 1.28. The summed E-state index contributed by atoms with van der Waals surface area (Å²) in [6.45, 7) is 4.87. The summed E-state index contributed by atoms with van der Waals surface area (Å²) in [7, 11) is 1.67. The van der Waals surface area contributed by atoms with Gasteiger partial charge in [-0.2, -0.15) is 0 Å². The van der Waals surface area contributed by atoms with Gasteiger partial charge >= 0.3 is 0 Å². The number of carbonyl (C=O) groups excluding carboxylic acids is 1. The van der Waals surface area contributed by atoms with Gasteiger partial charge in [0.05, 0.1) is 7.11 Å². The Morgan fingerprint density at radius 2 is 1.84 bits per heavy atom. The zero-order valence-corrected chi connectivity index (χ0v) is 12.2. The summed E-state index contributed by atoms with van der Waals surface area (Å²) in [5, 5.41) is 3.01. The SMILES string of the molecule is CCC(CC)C(=O)NCCCc1ccc(OC)cc1. The molecule has 1 N–H and O–H groups in total. The van der Waals surface area contributed by atoms with Gasteiger partial charge < -0.3 is 10.1 Å². The number of amides is 1. The first kappa shape index (κ1) is 15.5. The minimum Gasteiger partial charge on any atom is -0.497 e. The highest BCUT2D eigenvalue weighted by Gasteiger charge is 2.12. The molecule has 0 aliphatic heterocycles. The van der Waals surface area contributed by atoms with Crippen LogP contribution in [0.25, 0.3) is 0 Å². The van der Waals surface area contributed by atoms with Crippen LogP contribution in [0.15, 0.2) is 24.3 Å². The van der Waals surface area contributed by atoms with E-state index in [1.54, 1.807) is 7.11 Å². The Bertz CT molecular complexity index is 369. The molecule has 0 spiro atoms. The first-order valence-corrected chi connectivity index (χ1v) is 7.11. The van der Waals surface area contributed by atoms with Crippen LogP contribution in [0.4, 0.5) is 0 Å². The molecule has 0 saturated heterocycles. The average Bonchev–Trinajstić information content (AvgIpc) is 2.45. The molecule has 0 unspecified atom stereocenters. The summed E-state index contributed by atoms with van der Waals surface area (Å²) in [6.07, 6.45) is 3.78. The van der Waals surface area contributed by atoms with Gasteiger partial charge in [0.1, 0.15) is 5.75 Å². The molecule has 3 heteroatoms. The summed E-state index contributed by atoms with van der Waals surface area (Å²) >= 11 is 0. The van der Waals surface area contributed by atoms with Gasteiger partial charge in [0, 0.05) is 12.5 Å². The minimum absolute atomic E-state index is 0.168. The molecule has 1 rings (SSSR count). The first-order chi connectivity index (χ1) is 9.21. The Morgan fingerprint density at radius 1 is 1.21 bits per heavy atom. The van der Waals surface area contributed by atoms with E-state index in [-0.39, 0.29) is 11.8 Å². The van der Waals surface area contributed by atoms with Crippen molar-refractivity contribution < 1.29 is 9.53 Å². The fraction of sp³-hybridized carbons (Fsp3) is 0.562. The molecule has 1 amide bonds. The second-order valence-corrected chi connectivity index (χ2v) is 4.76. The van der Waals surface area contributed by atoms with Gasteiger partial charge in [-0.15, -0.1) is 0 Å². The topological polar surface area (TPSA) is 38.3 Å². The monoisotopic (exact) mass is 263 g/mol. The number of nitrogens with one attached hydrogen (secondary N) is 1. The molecule has 1 aromatic carbocycles. The van der Waals surface area contributed by atoms with Crippen LogP contribution >= 0.6 is 0 Å². The molecule has 0 aromatic heterocycles. The number of methoxy groups -OCH3 is 1. The van der Waals surface area contributed by atoms with E-state index in [4.69, 9.17) is 4.74 Å². The van der Waals surface area contributed by atoms with Gasteiger partial charge in [0.15, 0.2) is 0 Å². The van der Waals surface area contributed by atoms with Crippen LogP contribution in [-0.4, -0.2) is 19.6 Å². The molecular formula is C16H25NO2. The molecule has 0 saturated carbocycles. The predicted molar refractivity (Wildman–Crippen MR) is 78.4 cm³/mol. The zero-order valence-electron chi connectivity index (χ0n) is 12.2. The van der Waals surface area contributed by atoms with E-state index < -0.39 is 0 Å². The molecule has 0 atom stereocenters. The highest BCUT2D eigenvalue weighted by molar-refractivity contribution is 5.78. The molecule has 1 aromatic rings. The van der Waals surface area contributed by atoms with E-state index in [0.29, 0.717) is 0 Å². The maximum atomic E-state index is 11.8. The third-order valence-electron chi connectivity index (χ3n) is 3.46. The lowest BCUT2D eigenvalue weighted by atomic mass is 10.0. The van der Waals surface area contributed by atoms with Crippen LogP contribution in [-0.2, 0) is 11.2 Å². The highest BCUT2D eigenvalue weighted by Crippen LogP contribution is 2.12. The maximum absolute atomic E-state index is 11.8. The molecular weight excluding hydrogens is 238 g/mol. The minimum atomic E-state index is 0.168. The number of hydrogen-bond donors (Lipinski definition) is 1. The van der Waals surface area contributed by atoms with E-state index in [9.17, 15) is 4.79 Å². The van der Waals surface area contributed by atoms with Crippen molar-refractivity contribution >= 4 is 5.91 Å². The second kappa shape index (κ2) is 8.57. The van der Waals surface area contributed by atoms with Gasteiger partial charge in [-0.05, 0) is 43.4 Å². The highest BCUT2D eigenvalue weighted by atomic mass is 16.5. The number of hydrogen-bond acceptors (Lipinski definition) is 2. The van der Waals surface area contributed by atoms with Crippen LogP contribution in [0.5, 0.6) is 5.75 Å². The largest absolute Gasteiger partial charge is 0.497 e. The third kappa shape index (κ3) is 5.33. The number of ether oxygens (including phenoxy) is 1. The Kier molecular flexibility index (Phi) is 7.01. The molecule has 0 aliphatic carbocycles. The lowest BCUT2D eigenvalue weighted by molar-refractivity contribution is -0.125. The van der Waals surface area contributed by atoms with Crippen molar-refractivity contribution in [2.45, 2.75) is 39.5 Å². The van der Waals surface area contributed by atoms with Crippen molar-refractivity contribution in [3.8, 4) is 5.75 Å². The molecule has 0 heterocycles. The standard InChI is InChI=1S/C16H25NO2/c1-4-14(5-2)16(18)17-12-6-7-13-8-10-15(19-3)11-9-13/h8-11,14H,4-7,12H2,1-3H3,(H,17,18). The van der Waals surface area contributed by atoms with Crippen molar-refractivity contribution in [3.05, 3.63) is 29.8 Å². The van der Waals surface area contributed by atoms with E-state index in [0.717, 1.165) is 38.0 Å². The molecule has 3 nitrogen and oxygen atoms in total. The van der Waals surface area contributed by atoms with Crippen molar-refractivity contribution in [1.82, 2.24) is 5.32 Å². The average molecular weight is 263 g/mol. The van der Waals surface area contributed by atoms with Gasteiger partial charge in [0.25, 0.3) is 0 Å². The summed E-state index contributed by atoms with van der Waals surface area (Å²) in [4.78, 5) is 11.8. The second-order valence-electron chi connectivity index (χ2n) is 4.76. The number of carbonyl (C=O) groups is 1. The van der Waals surface area contributed by atoms with E-state index >= 15 is 0 Å². The molecule has 106 valence electrons. The lowest BCUT2D eigenvalue weighted by Gasteiger charge is -2.12. The molecule has 19 heavy (non-hydrogen) atoms. The van der Waals surface area contributed by atoms with Gasteiger partial charge in [-0.25, -0.2) is 0 Å². The van der Waals surface area contributed by atoms with Crippen LogP contribution in [0.1, 0.15) is 38.7 Å². The Balaban J connectivity index is 2.24. The van der Waals surface area contributed by atoms with Crippen molar-refractivity contribution in [1.29, 1.82) is 0 Å². The van der Waals surface area contributed by atoms with Crippen molar-refractivity contribution in [3.63, 3.8) is 0 Å². The maximum Gasteiger partial charge on any atom is 0.223 e. The normalized spacial score (nSPS) is 10.5. The number of aryl methyl sites for hydroxylation is 1. The van der Waals surface area contributed by atoms with Crippen LogP contribution < -0.4 is 10.1 Å². The summed E-state index contributed by atoms with van der Waals surface area (Å²) in [6, 6.07) is 8.08. The fourth-order valence-electron chi connectivity index (χ4n) is 2.10. The predicted octanol–water partition coefficient (Wildman–Crippen LogP) is 3.18. The fourth-order valence-corrected chi connectivity index (χ4v) is 2.10. The third-order valence-corrected chi connectivity index (χ3v) is 3.46. The molecule has 0 aliphatic rings. The van der Waals surface area contributed by atoms with E-state index in [1.165, 1.54) is 5.56 Å². The Hall–Kier alpha value is -1.51.